The van der Waals surface area contributed by atoms with Gasteiger partial charge in [0.15, 0.2) is 0 Å². The summed E-state index contributed by atoms with van der Waals surface area (Å²) in [7, 11) is 0. The second-order valence-electron chi connectivity index (χ2n) is 8.83. The number of hydrogen-bond donors (Lipinski definition) is 0. The summed E-state index contributed by atoms with van der Waals surface area (Å²) >= 11 is 0. The Bertz CT molecular complexity index is 1290. The van der Waals surface area contributed by atoms with E-state index in [4.69, 9.17) is 0 Å². The van der Waals surface area contributed by atoms with E-state index in [1.54, 1.807) is 11.1 Å². The zero-order valence-electron chi connectivity index (χ0n) is 17.6. The fourth-order valence-electron chi connectivity index (χ4n) is 4.98. The lowest BCUT2D eigenvalue weighted by Crippen LogP contribution is -2.24. The van der Waals surface area contributed by atoms with Gasteiger partial charge in [0.25, 0.3) is 0 Å². The van der Waals surface area contributed by atoms with E-state index in [2.05, 4.69) is 66.3 Å². The predicted octanol–water partition coefficient (Wildman–Crippen LogP) is 4.25. The number of rotatable bonds is 3. The van der Waals surface area contributed by atoms with E-state index in [0.29, 0.717) is 11.8 Å². The summed E-state index contributed by atoms with van der Waals surface area (Å²) < 4.78 is 0. The molecule has 0 spiro atoms. The molecule has 0 N–H and O–H groups in total. The van der Waals surface area contributed by atoms with Gasteiger partial charge in [0, 0.05) is 18.3 Å². The average molecular weight is 381 g/mol. The van der Waals surface area contributed by atoms with E-state index in [-0.39, 0.29) is 0 Å². The van der Waals surface area contributed by atoms with Crippen molar-refractivity contribution >= 4 is 12.2 Å². The summed E-state index contributed by atoms with van der Waals surface area (Å²) in [6.07, 6.45) is 13.3. The van der Waals surface area contributed by atoms with Gasteiger partial charge >= 0.3 is 0 Å². The van der Waals surface area contributed by atoms with Crippen LogP contribution in [0.5, 0.6) is 0 Å². The van der Waals surface area contributed by atoms with Gasteiger partial charge < -0.3 is 0 Å². The summed E-state index contributed by atoms with van der Waals surface area (Å²) in [5, 5.41) is 5.65. The highest BCUT2D eigenvalue weighted by atomic mass is 14.8. The molecule has 0 aliphatic heterocycles. The van der Waals surface area contributed by atoms with Gasteiger partial charge in [-0.15, -0.1) is 0 Å². The van der Waals surface area contributed by atoms with Crippen molar-refractivity contribution < 1.29 is 0 Å². The highest BCUT2D eigenvalue weighted by Crippen LogP contribution is 2.31. The highest BCUT2D eigenvalue weighted by molar-refractivity contribution is 5.52. The number of aryl methyl sites for hydroxylation is 3. The van der Waals surface area contributed by atoms with Crippen molar-refractivity contribution in [2.24, 2.45) is 5.92 Å². The lowest BCUT2D eigenvalue weighted by molar-refractivity contribution is 0.645. The lowest BCUT2D eigenvalue weighted by Gasteiger charge is -2.25. The van der Waals surface area contributed by atoms with Crippen LogP contribution in [0.3, 0.4) is 0 Å². The molecule has 2 unspecified atom stereocenters. The van der Waals surface area contributed by atoms with Gasteiger partial charge in [-0.1, -0.05) is 55.0 Å². The third-order valence-corrected chi connectivity index (χ3v) is 6.50. The van der Waals surface area contributed by atoms with E-state index in [1.807, 2.05) is 19.3 Å². The monoisotopic (exact) mass is 380 g/mol. The largest absolute Gasteiger partial charge is 0.258 e. The Balaban J connectivity index is 1.67. The summed E-state index contributed by atoms with van der Waals surface area (Å²) in [5.74, 6) is 1.10. The van der Waals surface area contributed by atoms with E-state index in [9.17, 15) is 0 Å². The van der Waals surface area contributed by atoms with Crippen molar-refractivity contribution in [1.82, 2.24) is 9.97 Å². The molecular weight excluding hydrogens is 352 g/mol. The molecule has 0 fully saturated rings. The molecular formula is C27H28N2. The molecule has 1 aromatic heterocycles. The van der Waals surface area contributed by atoms with Gasteiger partial charge in [0.1, 0.15) is 0 Å². The summed E-state index contributed by atoms with van der Waals surface area (Å²) in [6.45, 7) is 6.51. The van der Waals surface area contributed by atoms with Crippen LogP contribution in [-0.4, -0.2) is 9.97 Å². The molecule has 29 heavy (non-hydrogen) atoms. The summed E-state index contributed by atoms with van der Waals surface area (Å²) in [4.78, 5) is 9.03. The van der Waals surface area contributed by atoms with E-state index >= 15 is 0 Å². The molecule has 2 aliphatic carbocycles. The molecule has 0 amide bonds. The van der Waals surface area contributed by atoms with Crippen LogP contribution >= 0.6 is 0 Å². The molecule has 2 aliphatic rings. The van der Waals surface area contributed by atoms with Gasteiger partial charge in [-0.2, -0.15) is 0 Å². The topological polar surface area (TPSA) is 25.8 Å². The van der Waals surface area contributed by atoms with Crippen molar-refractivity contribution in [2.45, 2.75) is 52.4 Å². The maximum atomic E-state index is 4.59. The second kappa shape index (κ2) is 7.26. The third kappa shape index (κ3) is 3.42. The Hall–Kier alpha value is -2.74. The van der Waals surface area contributed by atoms with Crippen molar-refractivity contribution in [1.29, 1.82) is 0 Å². The first-order chi connectivity index (χ1) is 14.1. The molecule has 0 radical (unpaired) electrons. The molecule has 3 aromatic rings. The predicted molar refractivity (Wildman–Crippen MR) is 119 cm³/mol. The first kappa shape index (κ1) is 18.3. The van der Waals surface area contributed by atoms with Crippen LogP contribution in [0.2, 0.25) is 0 Å². The van der Waals surface area contributed by atoms with Crippen LogP contribution in [0.1, 0.15) is 53.8 Å². The van der Waals surface area contributed by atoms with Crippen LogP contribution in [0.4, 0.5) is 0 Å². The van der Waals surface area contributed by atoms with Crippen LogP contribution < -0.4 is 10.4 Å². The molecule has 146 valence electrons. The molecule has 0 saturated carbocycles. The van der Waals surface area contributed by atoms with Gasteiger partial charge in [0.05, 0.1) is 11.4 Å². The molecule has 2 heteroatoms. The molecule has 2 aromatic carbocycles. The van der Waals surface area contributed by atoms with Gasteiger partial charge in [0.2, 0.25) is 0 Å². The minimum Gasteiger partial charge on any atom is -0.258 e. The molecule has 1 heterocycles. The number of benzene rings is 2. The van der Waals surface area contributed by atoms with Gasteiger partial charge in [-0.3, -0.25) is 9.97 Å². The minimum absolute atomic E-state index is 0.430. The summed E-state index contributed by atoms with van der Waals surface area (Å²) in [6, 6.07) is 11.6. The van der Waals surface area contributed by atoms with E-state index in [1.165, 1.54) is 39.3 Å². The van der Waals surface area contributed by atoms with E-state index < -0.39 is 0 Å². The maximum absolute atomic E-state index is 4.59. The van der Waals surface area contributed by atoms with Gasteiger partial charge in [-0.25, -0.2) is 0 Å². The van der Waals surface area contributed by atoms with Gasteiger partial charge in [-0.05, 0) is 77.5 Å². The fourth-order valence-corrected chi connectivity index (χ4v) is 4.98. The van der Waals surface area contributed by atoms with Crippen molar-refractivity contribution in [3.05, 3.63) is 91.7 Å². The molecule has 2 atom stereocenters. The Labute approximate surface area is 172 Å². The quantitative estimate of drug-likeness (QED) is 0.679. The molecule has 0 saturated heterocycles. The standard InChI is InChI=1S/C27H28N2/c1-17-5-10-25-20(12-17)7-11-26-24-9-4-18(2)13-22(24)14-21(27(25)26)6-8-23-16-28-19(3)15-29-23/h4,7,9,11-17,21H,5-6,8,10H2,1-3H3. The first-order valence-corrected chi connectivity index (χ1v) is 10.8. The Morgan fingerprint density at radius 3 is 2.62 bits per heavy atom. The second-order valence-corrected chi connectivity index (χ2v) is 8.83. The Morgan fingerprint density at radius 1 is 0.931 bits per heavy atom. The van der Waals surface area contributed by atoms with Crippen LogP contribution in [-0.2, 0) is 12.8 Å². The Kier molecular flexibility index (Phi) is 4.58. The average Bonchev–Trinajstić information content (AvgIpc) is 2.72. The number of hydrogen-bond acceptors (Lipinski definition) is 2. The number of nitrogens with zero attached hydrogens (tertiary/aromatic N) is 2. The first-order valence-electron chi connectivity index (χ1n) is 10.8. The zero-order chi connectivity index (χ0) is 20.0. The number of aromatic nitrogens is 2. The van der Waals surface area contributed by atoms with Crippen LogP contribution in [0.15, 0.2) is 42.7 Å². The Morgan fingerprint density at radius 2 is 1.79 bits per heavy atom. The van der Waals surface area contributed by atoms with Crippen LogP contribution in [0.25, 0.3) is 12.2 Å². The highest BCUT2D eigenvalue weighted by Gasteiger charge is 2.21. The van der Waals surface area contributed by atoms with Crippen molar-refractivity contribution in [2.75, 3.05) is 0 Å². The van der Waals surface area contributed by atoms with E-state index in [0.717, 1.165) is 24.2 Å². The minimum atomic E-state index is 0.430. The molecule has 2 nitrogen and oxygen atoms in total. The smallest absolute Gasteiger partial charge is 0.0587 e. The van der Waals surface area contributed by atoms with Crippen molar-refractivity contribution in [3.63, 3.8) is 0 Å². The third-order valence-electron chi connectivity index (χ3n) is 6.50. The maximum Gasteiger partial charge on any atom is 0.0587 e. The summed E-state index contributed by atoms with van der Waals surface area (Å²) in [5.41, 5.74) is 6.52. The van der Waals surface area contributed by atoms with Crippen molar-refractivity contribution in [3.8, 4) is 0 Å². The number of fused-ring (bicyclic) bond motifs is 4. The zero-order valence-corrected chi connectivity index (χ0v) is 17.6. The van der Waals surface area contributed by atoms with Crippen LogP contribution in [0, 0.1) is 30.2 Å². The molecule has 0 bridgehead atoms. The SMILES string of the molecule is Cc1ccc2c(c1)=CC(CCc1cnc(C)cn1)c1c3c(ccc1=2)=CC(C)CC3. The fraction of sp³-hybridized carbons (Fsp3) is 0.333. The normalized spacial score (nSPS) is 19.4. The lowest BCUT2D eigenvalue weighted by atomic mass is 9.79. The molecule has 5 rings (SSSR count).